The molecule has 102 valence electrons. The molecule has 0 radical (unpaired) electrons. The first-order chi connectivity index (χ1) is 9.93. The van der Waals surface area contributed by atoms with Crippen LogP contribution < -0.4 is 0 Å². The predicted octanol–water partition coefficient (Wildman–Crippen LogP) is 5.37. The summed E-state index contributed by atoms with van der Waals surface area (Å²) in [5.74, 6) is 3.28. The van der Waals surface area contributed by atoms with Crippen molar-refractivity contribution in [1.82, 2.24) is 0 Å². The Bertz CT molecular complexity index is 496. The summed E-state index contributed by atoms with van der Waals surface area (Å²) in [6.07, 6.45) is 5.75. The second-order valence-corrected chi connectivity index (χ2v) is 6.55. The SMILES string of the molecule is c1ccc(C2C3CCC(CC3)C2c2ccccc2)cc1. The lowest BCUT2D eigenvalue weighted by Crippen LogP contribution is -2.37. The molecule has 0 saturated heterocycles. The molecule has 0 heteroatoms. The van der Waals surface area contributed by atoms with Gasteiger partial charge in [-0.05, 0) is 60.5 Å². The maximum absolute atomic E-state index is 2.35. The molecule has 0 heterocycles. The molecule has 2 unspecified atom stereocenters. The largest absolute Gasteiger partial charge is 0.0622 e. The third-order valence-corrected chi connectivity index (χ3v) is 5.59. The Morgan fingerprint density at radius 2 is 0.850 bits per heavy atom. The molecule has 3 fully saturated rings. The highest BCUT2D eigenvalue weighted by Gasteiger charge is 2.44. The van der Waals surface area contributed by atoms with Gasteiger partial charge < -0.3 is 0 Å². The van der Waals surface area contributed by atoms with Crippen molar-refractivity contribution >= 4 is 0 Å². The van der Waals surface area contributed by atoms with Crippen LogP contribution >= 0.6 is 0 Å². The van der Waals surface area contributed by atoms with Crippen LogP contribution in [0.4, 0.5) is 0 Å². The van der Waals surface area contributed by atoms with Crippen LogP contribution in [0.3, 0.4) is 0 Å². The summed E-state index contributed by atoms with van der Waals surface area (Å²) in [7, 11) is 0. The number of rotatable bonds is 2. The molecule has 0 N–H and O–H groups in total. The van der Waals surface area contributed by atoms with Gasteiger partial charge in [-0.3, -0.25) is 0 Å². The van der Waals surface area contributed by atoms with Crippen LogP contribution in [-0.4, -0.2) is 0 Å². The molecule has 0 spiro atoms. The molecule has 0 aromatic heterocycles. The van der Waals surface area contributed by atoms with Gasteiger partial charge in [0.2, 0.25) is 0 Å². The zero-order chi connectivity index (χ0) is 13.4. The van der Waals surface area contributed by atoms with E-state index < -0.39 is 0 Å². The highest BCUT2D eigenvalue weighted by atomic mass is 14.5. The van der Waals surface area contributed by atoms with Gasteiger partial charge in [0.05, 0.1) is 0 Å². The van der Waals surface area contributed by atoms with Crippen molar-refractivity contribution in [3.05, 3.63) is 71.8 Å². The third kappa shape index (κ3) is 1.98. The van der Waals surface area contributed by atoms with Gasteiger partial charge in [0.1, 0.15) is 0 Å². The Kier molecular flexibility index (Phi) is 3.10. The van der Waals surface area contributed by atoms with E-state index in [1.807, 2.05) is 0 Å². The lowest BCUT2D eigenvalue weighted by atomic mass is 9.55. The van der Waals surface area contributed by atoms with Gasteiger partial charge in [-0.2, -0.15) is 0 Å². The van der Waals surface area contributed by atoms with Crippen molar-refractivity contribution in [3.8, 4) is 0 Å². The summed E-state index contributed by atoms with van der Waals surface area (Å²) < 4.78 is 0. The summed E-state index contributed by atoms with van der Waals surface area (Å²) in [5.41, 5.74) is 3.13. The van der Waals surface area contributed by atoms with E-state index in [0.717, 1.165) is 23.7 Å². The quantitative estimate of drug-likeness (QED) is 0.682. The molecule has 0 nitrogen and oxygen atoms in total. The molecule has 20 heavy (non-hydrogen) atoms. The summed E-state index contributed by atoms with van der Waals surface area (Å²) >= 11 is 0. The van der Waals surface area contributed by atoms with Crippen molar-refractivity contribution < 1.29 is 0 Å². The van der Waals surface area contributed by atoms with Gasteiger partial charge in [-0.1, -0.05) is 60.7 Å². The molecule has 3 aliphatic carbocycles. The molecule has 2 bridgehead atoms. The van der Waals surface area contributed by atoms with Crippen LogP contribution in [0.5, 0.6) is 0 Å². The average Bonchev–Trinajstić information content (AvgIpc) is 2.57. The van der Waals surface area contributed by atoms with Crippen LogP contribution in [0.1, 0.15) is 48.6 Å². The van der Waals surface area contributed by atoms with E-state index in [4.69, 9.17) is 0 Å². The molecule has 0 aliphatic heterocycles. The Hall–Kier alpha value is -1.56. The van der Waals surface area contributed by atoms with Crippen LogP contribution in [0.2, 0.25) is 0 Å². The van der Waals surface area contributed by atoms with Gasteiger partial charge in [0.25, 0.3) is 0 Å². The summed E-state index contributed by atoms with van der Waals surface area (Å²) in [5, 5.41) is 0. The monoisotopic (exact) mass is 262 g/mol. The number of benzene rings is 2. The maximum atomic E-state index is 2.35. The van der Waals surface area contributed by atoms with E-state index >= 15 is 0 Å². The molecule has 3 aliphatic rings. The van der Waals surface area contributed by atoms with E-state index in [2.05, 4.69) is 60.7 Å². The molecule has 2 atom stereocenters. The lowest BCUT2D eigenvalue weighted by molar-refractivity contribution is 0.113. The fraction of sp³-hybridized carbons (Fsp3) is 0.400. The predicted molar refractivity (Wildman–Crippen MR) is 83.8 cm³/mol. The van der Waals surface area contributed by atoms with Gasteiger partial charge in [-0.25, -0.2) is 0 Å². The van der Waals surface area contributed by atoms with Gasteiger partial charge in [0.15, 0.2) is 0 Å². The topological polar surface area (TPSA) is 0 Å². The molecule has 2 aromatic rings. The number of hydrogen-bond donors (Lipinski definition) is 0. The Morgan fingerprint density at radius 3 is 1.20 bits per heavy atom. The highest BCUT2D eigenvalue weighted by molar-refractivity contribution is 5.32. The number of hydrogen-bond acceptors (Lipinski definition) is 0. The Balaban J connectivity index is 1.77. The van der Waals surface area contributed by atoms with E-state index in [1.165, 1.54) is 25.7 Å². The zero-order valence-electron chi connectivity index (χ0n) is 11.9. The van der Waals surface area contributed by atoms with Crippen LogP contribution in [-0.2, 0) is 0 Å². The standard InChI is InChI=1S/C20H22/c1-3-7-15(8-4-1)19-17-11-13-18(14-12-17)20(19)16-9-5-2-6-10-16/h1-10,17-20H,11-14H2. The van der Waals surface area contributed by atoms with E-state index in [1.54, 1.807) is 11.1 Å². The van der Waals surface area contributed by atoms with E-state index in [-0.39, 0.29) is 0 Å². The highest BCUT2D eigenvalue weighted by Crippen LogP contribution is 2.57. The minimum absolute atomic E-state index is 0.742. The Morgan fingerprint density at radius 1 is 0.500 bits per heavy atom. The fourth-order valence-corrected chi connectivity index (χ4v) is 4.76. The summed E-state index contributed by atoms with van der Waals surface area (Å²) in [6, 6.07) is 22.5. The minimum Gasteiger partial charge on any atom is -0.0622 e. The molecule has 3 saturated carbocycles. The zero-order valence-corrected chi connectivity index (χ0v) is 11.9. The number of fused-ring (bicyclic) bond motifs is 3. The van der Waals surface area contributed by atoms with Crippen molar-refractivity contribution in [2.75, 3.05) is 0 Å². The van der Waals surface area contributed by atoms with Crippen LogP contribution in [0.25, 0.3) is 0 Å². The molecule has 0 amide bonds. The fourth-order valence-electron chi connectivity index (χ4n) is 4.76. The first-order valence-corrected chi connectivity index (χ1v) is 8.03. The molecular weight excluding hydrogens is 240 g/mol. The molecule has 2 aromatic carbocycles. The first kappa shape index (κ1) is 12.2. The normalized spacial score (nSPS) is 32.2. The summed E-state index contributed by atoms with van der Waals surface area (Å²) in [4.78, 5) is 0. The first-order valence-electron chi connectivity index (χ1n) is 8.03. The average molecular weight is 262 g/mol. The third-order valence-electron chi connectivity index (χ3n) is 5.59. The van der Waals surface area contributed by atoms with Crippen molar-refractivity contribution in [2.24, 2.45) is 11.8 Å². The summed E-state index contributed by atoms with van der Waals surface area (Å²) in [6.45, 7) is 0. The van der Waals surface area contributed by atoms with E-state index in [0.29, 0.717) is 0 Å². The second-order valence-electron chi connectivity index (χ2n) is 6.55. The molecular formula is C20H22. The van der Waals surface area contributed by atoms with Gasteiger partial charge >= 0.3 is 0 Å². The van der Waals surface area contributed by atoms with Crippen molar-refractivity contribution in [1.29, 1.82) is 0 Å². The van der Waals surface area contributed by atoms with Gasteiger partial charge in [0, 0.05) is 0 Å². The smallest absolute Gasteiger partial charge is 0.00621 e. The van der Waals surface area contributed by atoms with Crippen LogP contribution in [0.15, 0.2) is 60.7 Å². The van der Waals surface area contributed by atoms with Crippen molar-refractivity contribution in [2.45, 2.75) is 37.5 Å². The lowest BCUT2D eigenvalue weighted by Gasteiger charge is -2.49. The van der Waals surface area contributed by atoms with Gasteiger partial charge in [-0.15, -0.1) is 0 Å². The van der Waals surface area contributed by atoms with Crippen molar-refractivity contribution in [3.63, 3.8) is 0 Å². The second kappa shape index (κ2) is 5.09. The molecule has 5 rings (SSSR count). The minimum atomic E-state index is 0.742. The maximum Gasteiger partial charge on any atom is -0.00621 e. The van der Waals surface area contributed by atoms with Crippen LogP contribution in [0, 0.1) is 11.8 Å². The Labute approximate surface area is 121 Å². The van der Waals surface area contributed by atoms with E-state index in [9.17, 15) is 0 Å².